The molecule has 194 valence electrons. The Morgan fingerprint density at radius 1 is 1.05 bits per heavy atom. The number of aromatic nitrogens is 2. The highest BCUT2D eigenvalue weighted by molar-refractivity contribution is 7.80. The van der Waals surface area contributed by atoms with E-state index in [2.05, 4.69) is 51.1 Å². The van der Waals surface area contributed by atoms with E-state index in [9.17, 15) is 4.79 Å². The lowest BCUT2D eigenvalue weighted by Crippen LogP contribution is -2.32. The molecule has 1 aliphatic rings. The third-order valence-electron chi connectivity index (χ3n) is 7.10. The van der Waals surface area contributed by atoms with Gasteiger partial charge in [-0.15, -0.1) is 0 Å². The number of benzene rings is 2. The maximum absolute atomic E-state index is 12.8. The van der Waals surface area contributed by atoms with Gasteiger partial charge in [0.2, 0.25) is 5.91 Å². The summed E-state index contributed by atoms with van der Waals surface area (Å²) in [5, 5.41) is 7.82. The van der Waals surface area contributed by atoms with Gasteiger partial charge >= 0.3 is 0 Å². The van der Waals surface area contributed by atoms with Gasteiger partial charge in [0.05, 0.1) is 17.8 Å². The minimum atomic E-state index is -0.157. The van der Waals surface area contributed by atoms with Crippen molar-refractivity contribution in [2.75, 3.05) is 11.9 Å². The number of nitrogens with one attached hydrogen (secondary N) is 2. The molecule has 1 fully saturated rings. The molecule has 0 aliphatic carbocycles. The van der Waals surface area contributed by atoms with Gasteiger partial charge in [-0.3, -0.25) is 9.78 Å². The third-order valence-corrected chi connectivity index (χ3v) is 7.87. The molecule has 6 nitrogen and oxygen atoms in total. The molecule has 4 aromatic rings. The van der Waals surface area contributed by atoms with Crippen molar-refractivity contribution in [3.05, 3.63) is 112 Å². The molecule has 1 amide bonds. The van der Waals surface area contributed by atoms with E-state index in [1.807, 2.05) is 67.6 Å². The number of halogens is 1. The van der Waals surface area contributed by atoms with Crippen molar-refractivity contribution < 1.29 is 4.79 Å². The minimum absolute atomic E-state index is 0.0564. The van der Waals surface area contributed by atoms with Gasteiger partial charge in [0.1, 0.15) is 0 Å². The molecule has 1 saturated heterocycles. The van der Waals surface area contributed by atoms with Crippen LogP contribution in [0.1, 0.15) is 46.7 Å². The lowest BCUT2D eigenvalue weighted by Gasteiger charge is -2.28. The summed E-state index contributed by atoms with van der Waals surface area (Å²) in [6.45, 7) is 6.74. The van der Waals surface area contributed by atoms with Crippen molar-refractivity contribution in [2.24, 2.45) is 0 Å². The number of aryl methyl sites for hydroxylation is 1. The van der Waals surface area contributed by atoms with Crippen molar-refractivity contribution >= 4 is 40.5 Å². The highest BCUT2D eigenvalue weighted by atomic mass is 35.5. The van der Waals surface area contributed by atoms with E-state index >= 15 is 0 Å². The maximum Gasteiger partial charge on any atom is 0.226 e. The lowest BCUT2D eigenvalue weighted by molar-refractivity contribution is -0.116. The van der Waals surface area contributed by atoms with Crippen LogP contribution in [0.3, 0.4) is 0 Å². The molecule has 5 rings (SSSR count). The number of para-hydroxylation sites is 1. The molecule has 2 atom stereocenters. The largest absolute Gasteiger partial charge is 0.352 e. The van der Waals surface area contributed by atoms with Crippen LogP contribution >= 0.6 is 23.8 Å². The van der Waals surface area contributed by atoms with E-state index < -0.39 is 0 Å². The fraction of sp³-hybridized carbons (Fsp3) is 0.233. The molecular formula is C30H30ClN5OS. The van der Waals surface area contributed by atoms with Crippen LogP contribution in [-0.4, -0.2) is 32.0 Å². The van der Waals surface area contributed by atoms with E-state index in [4.69, 9.17) is 23.8 Å². The number of nitrogens with zero attached hydrogens (tertiary/aromatic N) is 3. The van der Waals surface area contributed by atoms with E-state index in [1.165, 1.54) is 0 Å². The van der Waals surface area contributed by atoms with Gasteiger partial charge in [0.15, 0.2) is 5.11 Å². The lowest BCUT2D eigenvalue weighted by atomic mass is 9.96. The van der Waals surface area contributed by atoms with Crippen molar-refractivity contribution in [3.8, 4) is 5.69 Å². The van der Waals surface area contributed by atoms with E-state index in [0.717, 1.165) is 44.6 Å². The molecule has 1 aliphatic heterocycles. The second kappa shape index (κ2) is 11.0. The Morgan fingerprint density at radius 2 is 1.82 bits per heavy atom. The van der Waals surface area contributed by atoms with Crippen molar-refractivity contribution in [2.45, 2.75) is 39.3 Å². The first-order valence-electron chi connectivity index (χ1n) is 12.6. The number of anilines is 1. The van der Waals surface area contributed by atoms with Gasteiger partial charge < -0.3 is 20.1 Å². The normalized spacial score (nSPS) is 16.9. The zero-order chi connectivity index (χ0) is 26.8. The monoisotopic (exact) mass is 543 g/mol. The fourth-order valence-corrected chi connectivity index (χ4v) is 5.75. The highest BCUT2D eigenvalue weighted by Gasteiger charge is 2.41. The van der Waals surface area contributed by atoms with Gasteiger partial charge in [0, 0.05) is 46.9 Å². The van der Waals surface area contributed by atoms with Crippen LogP contribution in [0.15, 0.2) is 79.0 Å². The van der Waals surface area contributed by atoms with Crippen LogP contribution in [-0.2, 0) is 4.79 Å². The number of hydrogen-bond donors (Lipinski definition) is 2. The predicted octanol–water partition coefficient (Wildman–Crippen LogP) is 6.45. The second-order valence-electron chi connectivity index (χ2n) is 9.53. The van der Waals surface area contributed by atoms with Crippen LogP contribution < -0.4 is 10.6 Å². The molecule has 0 saturated carbocycles. The molecule has 0 spiro atoms. The number of thiocarbonyl (C=S) groups is 1. The van der Waals surface area contributed by atoms with Gasteiger partial charge in [-0.25, -0.2) is 0 Å². The average molecular weight is 544 g/mol. The van der Waals surface area contributed by atoms with Gasteiger partial charge in [-0.05, 0) is 86.6 Å². The number of pyridine rings is 1. The number of carbonyl (C=O) groups is 1. The highest BCUT2D eigenvalue weighted by Crippen LogP contribution is 2.42. The second-order valence-corrected chi connectivity index (χ2v) is 10.3. The smallest absolute Gasteiger partial charge is 0.226 e. The summed E-state index contributed by atoms with van der Waals surface area (Å²) < 4.78 is 2.24. The first-order valence-corrected chi connectivity index (χ1v) is 13.4. The molecule has 0 unspecified atom stereocenters. The van der Waals surface area contributed by atoms with Crippen LogP contribution in [0, 0.1) is 20.8 Å². The van der Waals surface area contributed by atoms with Crippen LogP contribution in [0.25, 0.3) is 5.69 Å². The summed E-state index contributed by atoms with van der Waals surface area (Å²) in [5.41, 5.74) is 7.09. The predicted molar refractivity (Wildman–Crippen MR) is 157 cm³/mol. The third kappa shape index (κ3) is 5.04. The van der Waals surface area contributed by atoms with Gasteiger partial charge in [-0.2, -0.15) is 0 Å². The van der Waals surface area contributed by atoms with Crippen molar-refractivity contribution in [1.82, 2.24) is 19.8 Å². The number of carbonyl (C=O) groups excluding carboxylic acids is 1. The molecule has 3 heterocycles. The Bertz CT molecular complexity index is 1470. The molecule has 8 heteroatoms. The minimum Gasteiger partial charge on any atom is -0.352 e. The SMILES string of the molecule is Cc1c(Cl)cccc1-n1c(C)cc([C@@H]2[C@@H](c3ccccn3)NC(=S)N2CCC(=O)Nc2ccccc2)c1C. The molecule has 2 aromatic carbocycles. The molecule has 2 aromatic heterocycles. The zero-order valence-electron chi connectivity index (χ0n) is 21.6. The summed E-state index contributed by atoms with van der Waals surface area (Å²) in [5.74, 6) is -0.0564. The summed E-state index contributed by atoms with van der Waals surface area (Å²) in [4.78, 5) is 19.6. The Balaban J connectivity index is 1.50. The molecule has 0 bridgehead atoms. The van der Waals surface area contributed by atoms with E-state index in [1.54, 1.807) is 6.20 Å². The summed E-state index contributed by atoms with van der Waals surface area (Å²) in [6.07, 6.45) is 2.10. The number of amides is 1. The fourth-order valence-electron chi connectivity index (χ4n) is 5.25. The topological polar surface area (TPSA) is 62.2 Å². The Morgan fingerprint density at radius 3 is 2.55 bits per heavy atom. The summed E-state index contributed by atoms with van der Waals surface area (Å²) >= 11 is 12.3. The maximum atomic E-state index is 12.8. The molecule has 0 radical (unpaired) electrons. The quantitative estimate of drug-likeness (QED) is 0.262. The van der Waals surface area contributed by atoms with E-state index in [0.29, 0.717) is 18.1 Å². The Kier molecular flexibility index (Phi) is 7.49. The number of hydrogen-bond acceptors (Lipinski definition) is 3. The molecule has 2 N–H and O–H groups in total. The first-order chi connectivity index (χ1) is 18.3. The first kappa shape index (κ1) is 25.9. The van der Waals surface area contributed by atoms with Gasteiger partial charge in [-0.1, -0.05) is 41.9 Å². The molecule has 38 heavy (non-hydrogen) atoms. The Hall–Kier alpha value is -3.68. The van der Waals surface area contributed by atoms with Crippen LogP contribution in [0.4, 0.5) is 5.69 Å². The van der Waals surface area contributed by atoms with E-state index in [-0.39, 0.29) is 18.0 Å². The standard InChI is InChI=1S/C30H30ClN5OS/c1-19-18-23(21(3)36(19)26-14-9-12-24(31)20(26)2)29-28(25-13-7-8-16-32-25)34-30(38)35(29)17-15-27(37)33-22-10-5-4-6-11-22/h4-14,16,18,28-29H,15,17H2,1-3H3,(H,33,37)(H,34,38)/t28-,29-/m1/s1. The van der Waals surface area contributed by atoms with Crippen molar-refractivity contribution in [1.29, 1.82) is 0 Å². The van der Waals surface area contributed by atoms with Crippen molar-refractivity contribution in [3.63, 3.8) is 0 Å². The number of rotatable bonds is 7. The van der Waals surface area contributed by atoms with Gasteiger partial charge in [0.25, 0.3) is 0 Å². The van der Waals surface area contributed by atoms with Crippen LogP contribution in [0.5, 0.6) is 0 Å². The summed E-state index contributed by atoms with van der Waals surface area (Å²) in [7, 11) is 0. The average Bonchev–Trinajstić information content (AvgIpc) is 3.40. The Labute approximate surface area is 233 Å². The molecular weight excluding hydrogens is 514 g/mol. The summed E-state index contributed by atoms with van der Waals surface area (Å²) in [6, 6.07) is 23.3. The zero-order valence-corrected chi connectivity index (χ0v) is 23.2. The van der Waals surface area contributed by atoms with Crippen LogP contribution in [0.2, 0.25) is 5.02 Å².